The lowest BCUT2D eigenvalue weighted by molar-refractivity contribution is 0.301. The van der Waals surface area contributed by atoms with Gasteiger partial charge in [0.2, 0.25) is 0 Å². The number of fused-ring (bicyclic) bond motifs is 3. The lowest BCUT2D eigenvalue weighted by Gasteiger charge is -2.31. The lowest BCUT2D eigenvalue weighted by Crippen LogP contribution is -2.38. The van der Waals surface area contributed by atoms with Crippen LogP contribution in [0.3, 0.4) is 0 Å². The maximum Gasteiger partial charge on any atom is 0.271 e. The summed E-state index contributed by atoms with van der Waals surface area (Å²) in [6.45, 7) is 0.495. The zero-order valence-corrected chi connectivity index (χ0v) is 29.7. The Balaban J connectivity index is 1.34. The highest BCUT2D eigenvalue weighted by atomic mass is 127. The summed E-state index contributed by atoms with van der Waals surface area (Å²) in [5.41, 5.74) is 7.49. The first-order valence-corrected chi connectivity index (χ1v) is 17.4. The van der Waals surface area contributed by atoms with Gasteiger partial charge in [0.05, 0.1) is 37.6 Å². The summed E-state index contributed by atoms with van der Waals surface area (Å²) in [7, 11) is 3.26. The van der Waals surface area contributed by atoms with Crippen LogP contribution in [0, 0.1) is 7.14 Å². The van der Waals surface area contributed by atoms with Crippen molar-refractivity contribution in [2.45, 2.75) is 25.5 Å². The summed E-state index contributed by atoms with van der Waals surface area (Å²) in [4.78, 5) is 20.1. The summed E-state index contributed by atoms with van der Waals surface area (Å²) in [6.07, 6.45) is 3.69. The summed E-state index contributed by atoms with van der Waals surface area (Å²) >= 11 is 6.05. The van der Waals surface area contributed by atoms with E-state index in [1.807, 2.05) is 47.0 Å². The third-order valence-electron chi connectivity index (χ3n) is 8.14. The van der Waals surface area contributed by atoms with Crippen LogP contribution >= 0.6 is 56.5 Å². The van der Waals surface area contributed by atoms with Crippen LogP contribution in [0.1, 0.15) is 40.3 Å². The number of aryl methyl sites for hydroxylation is 1. The molecule has 6 nitrogen and oxygen atoms in total. The van der Waals surface area contributed by atoms with E-state index in [-0.39, 0.29) is 11.6 Å². The summed E-state index contributed by atoms with van der Waals surface area (Å²) in [6, 6.07) is 28.3. The van der Waals surface area contributed by atoms with Crippen molar-refractivity contribution in [2.24, 2.45) is 4.99 Å². The van der Waals surface area contributed by atoms with Crippen LogP contribution in [0.2, 0.25) is 0 Å². The van der Waals surface area contributed by atoms with Gasteiger partial charge in [-0.2, -0.15) is 0 Å². The van der Waals surface area contributed by atoms with E-state index < -0.39 is 0 Å². The Kier molecular flexibility index (Phi) is 8.58. The highest BCUT2D eigenvalue weighted by Gasteiger charge is 2.33. The number of nitrogens with zero attached hydrogens (tertiary/aromatic N) is 2. The molecular weight excluding hydrogens is 810 g/mol. The van der Waals surface area contributed by atoms with Crippen LogP contribution in [-0.4, -0.2) is 18.8 Å². The second-order valence-corrected chi connectivity index (χ2v) is 14.1. The van der Waals surface area contributed by atoms with Crippen molar-refractivity contribution in [3.8, 4) is 17.2 Å². The number of allylic oxidation sites excluding steroid dienone is 1. The van der Waals surface area contributed by atoms with Gasteiger partial charge in [-0.15, -0.1) is 0 Å². The average Bonchev–Trinajstić information content (AvgIpc) is 3.37. The van der Waals surface area contributed by atoms with Gasteiger partial charge in [0.25, 0.3) is 5.56 Å². The van der Waals surface area contributed by atoms with E-state index in [0.29, 0.717) is 27.4 Å². The van der Waals surface area contributed by atoms with Crippen molar-refractivity contribution in [3.05, 3.63) is 145 Å². The van der Waals surface area contributed by atoms with Crippen molar-refractivity contribution in [1.82, 2.24) is 4.57 Å². The zero-order valence-electron chi connectivity index (χ0n) is 24.6. The molecule has 7 rings (SSSR count). The third kappa shape index (κ3) is 5.74. The molecule has 2 aliphatic rings. The number of methoxy groups -OCH3 is 2. The Bertz CT molecular complexity index is 2130. The van der Waals surface area contributed by atoms with Crippen LogP contribution in [0.15, 0.2) is 100 Å². The molecule has 9 heteroatoms. The number of halogens is 2. The molecular formula is C36H28I2N2O4S. The minimum Gasteiger partial charge on any atom is -0.493 e. The third-order valence-corrected chi connectivity index (χ3v) is 10.7. The maximum absolute atomic E-state index is 14.3. The highest BCUT2D eigenvalue weighted by Crippen LogP contribution is 2.43. The van der Waals surface area contributed by atoms with Crippen molar-refractivity contribution in [1.29, 1.82) is 0 Å². The maximum atomic E-state index is 14.3. The number of rotatable bonds is 7. The molecule has 1 aliphatic carbocycles. The number of ether oxygens (including phenoxy) is 3. The first kappa shape index (κ1) is 30.2. The molecule has 0 spiro atoms. The summed E-state index contributed by atoms with van der Waals surface area (Å²) < 4.78 is 21.9. The number of aromatic nitrogens is 1. The van der Waals surface area contributed by atoms with Crippen LogP contribution in [0.4, 0.5) is 0 Å². The van der Waals surface area contributed by atoms with E-state index in [2.05, 4.69) is 93.7 Å². The van der Waals surface area contributed by atoms with Gasteiger partial charge in [0.1, 0.15) is 12.4 Å². The molecule has 45 heavy (non-hydrogen) atoms. The van der Waals surface area contributed by atoms with Crippen molar-refractivity contribution in [3.63, 3.8) is 0 Å². The minimum atomic E-state index is -0.305. The van der Waals surface area contributed by atoms with Gasteiger partial charge >= 0.3 is 0 Å². The Labute approximate surface area is 292 Å². The minimum absolute atomic E-state index is 0.0571. The number of hydrogen-bond donors (Lipinski definition) is 0. The first-order chi connectivity index (χ1) is 21.9. The quantitative estimate of drug-likeness (QED) is 0.164. The molecule has 0 radical (unpaired) electrons. The van der Waals surface area contributed by atoms with Gasteiger partial charge < -0.3 is 14.2 Å². The fourth-order valence-corrected chi connectivity index (χ4v) is 9.16. The predicted octanol–water partition coefficient (Wildman–Crippen LogP) is 7.12. The Morgan fingerprint density at radius 1 is 0.911 bits per heavy atom. The molecule has 0 amide bonds. The van der Waals surface area contributed by atoms with Crippen LogP contribution in [0.5, 0.6) is 17.2 Å². The van der Waals surface area contributed by atoms with E-state index in [1.54, 1.807) is 14.2 Å². The SMILES string of the molecule is COc1ccc([C@H]2C3=C(N=c4s/c(=C\c5cc(I)c(OCc6ccccc6)c(I)c5)c(=O)n42)c2ccccc2CC3)cc1OC. The van der Waals surface area contributed by atoms with Gasteiger partial charge in [0, 0.05) is 5.56 Å². The molecule has 5 aromatic rings. The largest absolute Gasteiger partial charge is 0.493 e. The first-order valence-electron chi connectivity index (χ1n) is 14.5. The lowest BCUT2D eigenvalue weighted by atomic mass is 9.83. The van der Waals surface area contributed by atoms with E-state index >= 15 is 0 Å². The molecule has 0 N–H and O–H groups in total. The molecule has 1 atom stereocenters. The van der Waals surface area contributed by atoms with Crippen LogP contribution < -0.4 is 29.1 Å². The fourth-order valence-electron chi connectivity index (χ4n) is 6.03. The standard InChI is InChI=1S/C36H28I2N2O4S/c1-42-29-15-13-24(19-30(29)43-2)33-26-14-12-23-10-6-7-11-25(23)32(26)39-36-40(33)35(41)31(45-36)18-22-16-27(37)34(28(38)17-22)44-20-21-8-4-3-5-9-21/h3-11,13,15-19,33H,12,14,20H2,1-2H3/b31-18-/t33-/m0/s1. The number of benzene rings is 4. The van der Waals surface area contributed by atoms with Gasteiger partial charge in [0.15, 0.2) is 16.3 Å². The Hall–Kier alpha value is -3.42. The molecule has 4 aromatic carbocycles. The molecule has 0 saturated heterocycles. The van der Waals surface area contributed by atoms with Gasteiger partial charge in [-0.1, -0.05) is 72.0 Å². The Morgan fingerprint density at radius 3 is 2.40 bits per heavy atom. The smallest absolute Gasteiger partial charge is 0.271 e. The van der Waals surface area contributed by atoms with Gasteiger partial charge in [-0.3, -0.25) is 9.36 Å². The molecule has 0 saturated carbocycles. The number of hydrogen-bond acceptors (Lipinski definition) is 6. The van der Waals surface area contributed by atoms with Crippen molar-refractivity contribution in [2.75, 3.05) is 14.2 Å². The molecule has 1 aromatic heterocycles. The molecule has 226 valence electrons. The second-order valence-electron chi connectivity index (χ2n) is 10.8. The summed E-state index contributed by atoms with van der Waals surface area (Å²) in [5, 5.41) is 0. The predicted molar refractivity (Wildman–Crippen MR) is 195 cm³/mol. The molecule has 1 aliphatic heterocycles. The Morgan fingerprint density at radius 2 is 1.64 bits per heavy atom. The second kappa shape index (κ2) is 12.8. The molecule has 0 bridgehead atoms. The van der Waals surface area contributed by atoms with Crippen molar-refractivity contribution < 1.29 is 14.2 Å². The van der Waals surface area contributed by atoms with E-state index in [4.69, 9.17) is 19.2 Å². The molecule has 0 unspecified atom stereocenters. The monoisotopic (exact) mass is 838 g/mol. The molecule has 2 heterocycles. The molecule has 0 fully saturated rings. The van der Waals surface area contributed by atoms with Gasteiger partial charge in [-0.05, 0) is 116 Å². The average molecular weight is 839 g/mol. The van der Waals surface area contributed by atoms with E-state index in [0.717, 1.165) is 59.3 Å². The highest BCUT2D eigenvalue weighted by molar-refractivity contribution is 14.1. The van der Waals surface area contributed by atoms with Crippen molar-refractivity contribution >= 4 is 68.3 Å². The zero-order chi connectivity index (χ0) is 31.1. The topological polar surface area (TPSA) is 62.0 Å². The fraction of sp³-hybridized carbons (Fsp3) is 0.167. The van der Waals surface area contributed by atoms with Crippen LogP contribution in [0.25, 0.3) is 11.8 Å². The number of thiazole rings is 1. The normalized spacial score (nSPS) is 15.6. The van der Waals surface area contributed by atoms with E-state index in [9.17, 15) is 4.79 Å². The van der Waals surface area contributed by atoms with Crippen LogP contribution in [-0.2, 0) is 13.0 Å². The van der Waals surface area contributed by atoms with E-state index in [1.165, 1.54) is 16.9 Å². The summed E-state index contributed by atoms with van der Waals surface area (Å²) in [5.74, 6) is 2.13. The van der Waals surface area contributed by atoms with Gasteiger partial charge in [-0.25, -0.2) is 4.99 Å².